The average Bonchev–Trinajstić information content (AvgIpc) is 2.49. The predicted molar refractivity (Wildman–Crippen MR) is 77.5 cm³/mol. The van der Waals surface area contributed by atoms with E-state index in [9.17, 15) is 0 Å². The fraction of sp³-hybridized carbons (Fsp3) is 1.00. The molecular weight excluding hydrogens is 240 g/mol. The Bertz CT molecular complexity index is 244. The molecule has 0 amide bonds. The third-order valence-corrected chi connectivity index (χ3v) is 4.36. The molecule has 0 saturated carbocycles. The molecule has 2 aliphatic rings. The topological polar surface area (TPSA) is 33.7 Å². The Balaban J connectivity index is 1.94. The maximum absolute atomic E-state index is 6.06. The zero-order chi connectivity index (χ0) is 13.5. The van der Waals surface area contributed by atoms with Crippen molar-refractivity contribution in [3.63, 3.8) is 0 Å². The predicted octanol–water partition coefficient (Wildman–Crippen LogP) is 1.50. The first kappa shape index (κ1) is 15.2. The van der Waals surface area contributed by atoms with Crippen molar-refractivity contribution in [1.82, 2.24) is 10.2 Å². The van der Waals surface area contributed by atoms with E-state index in [0.29, 0.717) is 18.1 Å². The Hall–Kier alpha value is -0.160. The number of nitrogens with one attached hydrogen (secondary N) is 1. The first-order chi connectivity index (χ1) is 9.35. The lowest BCUT2D eigenvalue weighted by Crippen LogP contribution is -2.56. The van der Waals surface area contributed by atoms with Gasteiger partial charge in [-0.05, 0) is 32.4 Å². The maximum Gasteiger partial charge on any atom is 0.0858 e. The summed E-state index contributed by atoms with van der Waals surface area (Å²) in [6.07, 6.45) is 3.97. The fourth-order valence-corrected chi connectivity index (χ4v) is 3.20. The molecule has 2 saturated heterocycles. The summed E-state index contributed by atoms with van der Waals surface area (Å²) in [5, 5.41) is 3.72. The summed E-state index contributed by atoms with van der Waals surface area (Å²) in [4.78, 5) is 2.50. The van der Waals surface area contributed by atoms with Crippen LogP contribution in [0.25, 0.3) is 0 Å². The highest BCUT2D eigenvalue weighted by Crippen LogP contribution is 2.23. The van der Waals surface area contributed by atoms with E-state index in [1.165, 1.54) is 19.3 Å². The molecule has 3 unspecified atom stereocenters. The molecule has 0 aromatic rings. The number of nitrogens with zero attached hydrogens (tertiary/aromatic N) is 1. The molecule has 0 radical (unpaired) electrons. The van der Waals surface area contributed by atoms with Gasteiger partial charge in [-0.15, -0.1) is 0 Å². The standard InChI is InChI=1S/C15H30N2O2/c1-3-7-16-15(13-6-5-9-18-12-13)14-11-17(4-2)8-10-19-14/h13-16H,3-12H2,1-2H3. The van der Waals surface area contributed by atoms with E-state index in [4.69, 9.17) is 9.47 Å². The van der Waals surface area contributed by atoms with Gasteiger partial charge in [0.25, 0.3) is 0 Å². The molecule has 3 atom stereocenters. The molecule has 2 rings (SSSR count). The van der Waals surface area contributed by atoms with E-state index in [1.807, 2.05) is 0 Å². The average molecular weight is 270 g/mol. The number of rotatable bonds is 6. The molecule has 0 aromatic carbocycles. The van der Waals surface area contributed by atoms with E-state index < -0.39 is 0 Å². The van der Waals surface area contributed by atoms with Crippen LogP contribution in [-0.2, 0) is 9.47 Å². The van der Waals surface area contributed by atoms with Crippen LogP contribution in [0, 0.1) is 5.92 Å². The first-order valence-electron chi connectivity index (χ1n) is 8.00. The van der Waals surface area contributed by atoms with Crippen molar-refractivity contribution in [2.75, 3.05) is 46.0 Å². The molecule has 4 nitrogen and oxygen atoms in total. The molecule has 0 aromatic heterocycles. The largest absolute Gasteiger partial charge is 0.381 e. The van der Waals surface area contributed by atoms with Crippen molar-refractivity contribution in [1.29, 1.82) is 0 Å². The summed E-state index contributed by atoms with van der Waals surface area (Å²) in [5.74, 6) is 0.613. The number of hydrogen-bond donors (Lipinski definition) is 1. The van der Waals surface area contributed by atoms with Gasteiger partial charge >= 0.3 is 0 Å². The molecule has 2 heterocycles. The normalized spacial score (nSPS) is 31.3. The molecular formula is C15H30N2O2. The van der Waals surface area contributed by atoms with Gasteiger partial charge in [-0.25, -0.2) is 0 Å². The molecule has 1 N–H and O–H groups in total. The summed E-state index contributed by atoms with van der Waals surface area (Å²) in [6.45, 7) is 11.5. The SMILES string of the molecule is CCCNC(C1CCCOC1)C1CN(CC)CCO1. The second kappa shape index (κ2) is 8.20. The molecule has 0 spiro atoms. The first-order valence-corrected chi connectivity index (χ1v) is 8.00. The highest BCUT2D eigenvalue weighted by molar-refractivity contribution is 4.88. The van der Waals surface area contributed by atoms with Crippen molar-refractivity contribution in [3.05, 3.63) is 0 Å². The van der Waals surface area contributed by atoms with Gasteiger partial charge in [-0.2, -0.15) is 0 Å². The van der Waals surface area contributed by atoms with Gasteiger partial charge in [0.2, 0.25) is 0 Å². The Kier molecular flexibility index (Phi) is 6.57. The van der Waals surface area contributed by atoms with Crippen LogP contribution in [0.1, 0.15) is 33.1 Å². The van der Waals surface area contributed by atoms with Crippen molar-refractivity contribution < 1.29 is 9.47 Å². The lowest BCUT2D eigenvalue weighted by atomic mass is 9.89. The zero-order valence-electron chi connectivity index (χ0n) is 12.6. The van der Waals surface area contributed by atoms with Crippen LogP contribution in [0.2, 0.25) is 0 Å². The minimum Gasteiger partial charge on any atom is -0.381 e. The second-order valence-corrected chi connectivity index (χ2v) is 5.76. The number of morpholine rings is 1. The van der Waals surface area contributed by atoms with Crippen molar-refractivity contribution >= 4 is 0 Å². The van der Waals surface area contributed by atoms with E-state index in [0.717, 1.165) is 46.0 Å². The minimum atomic E-state index is 0.326. The van der Waals surface area contributed by atoms with Crippen LogP contribution in [0.5, 0.6) is 0 Å². The summed E-state index contributed by atoms with van der Waals surface area (Å²) in [7, 11) is 0. The van der Waals surface area contributed by atoms with Crippen LogP contribution < -0.4 is 5.32 Å². The van der Waals surface area contributed by atoms with Gasteiger partial charge in [-0.3, -0.25) is 4.90 Å². The van der Waals surface area contributed by atoms with E-state index in [2.05, 4.69) is 24.1 Å². The third-order valence-electron chi connectivity index (χ3n) is 4.36. The van der Waals surface area contributed by atoms with Crippen LogP contribution in [0.15, 0.2) is 0 Å². The van der Waals surface area contributed by atoms with Crippen LogP contribution in [0.3, 0.4) is 0 Å². The quantitative estimate of drug-likeness (QED) is 0.793. The van der Waals surface area contributed by atoms with E-state index >= 15 is 0 Å². The molecule has 0 bridgehead atoms. The van der Waals surface area contributed by atoms with E-state index in [1.54, 1.807) is 0 Å². The lowest BCUT2D eigenvalue weighted by Gasteiger charge is -2.41. The van der Waals surface area contributed by atoms with Crippen LogP contribution >= 0.6 is 0 Å². The zero-order valence-corrected chi connectivity index (χ0v) is 12.6. The molecule has 112 valence electrons. The maximum atomic E-state index is 6.06. The summed E-state index contributed by atoms with van der Waals surface area (Å²) in [6, 6.07) is 0.453. The van der Waals surface area contributed by atoms with Crippen molar-refractivity contribution in [3.8, 4) is 0 Å². The number of ether oxygens (including phenoxy) is 2. The fourth-order valence-electron chi connectivity index (χ4n) is 3.20. The summed E-state index contributed by atoms with van der Waals surface area (Å²) in [5.41, 5.74) is 0. The Morgan fingerprint density at radius 2 is 2.21 bits per heavy atom. The highest BCUT2D eigenvalue weighted by atomic mass is 16.5. The Labute approximate surface area is 117 Å². The number of likely N-dealkylation sites (N-methyl/N-ethyl adjacent to an activating group) is 1. The van der Waals surface area contributed by atoms with E-state index in [-0.39, 0.29) is 0 Å². The van der Waals surface area contributed by atoms with Crippen molar-refractivity contribution in [2.45, 2.75) is 45.3 Å². The smallest absolute Gasteiger partial charge is 0.0858 e. The monoisotopic (exact) mass is 270 g/mol. The number of hydrogen-bond acceptors (Lipinski definition) is 4. The Morgan fingerprint density at radius 1 is 1.32 bits per heavy atom. The minimum absolute atomic E-state index is 0.326. The molecule has 2 fully saturated rings. The lowest BCUT2D eigenvalue weighted by molar-refractivity contribution is -0.0709. The Morgan fingerprint density at radius 3 is 2.89 bits per heavy atom. The molecule has 4 heteroatoms. The van der Waals surface area contributed by atoms with Gasteiger partial charge in [-0.1, -0.05) is 13.8 Å². The van der Waals surface area contributed by atoms with Gasteiger partial charge in [0.05, 0.1) is 19.3 Å². The van der Waals surface area contributed by atoms with Gasteiger partial charge in [0.15, 0.2) is 0 Å². The van der Waals surface area contributed by atoms with Crippen LogP contribution in [0.4, 0.5) is 0 Å². The second-order valence-electron chi connectivity index (χ2n) is 5.76. The molecule has 0 aliphatic carbocycles. The van der Waals surface area contributed by atoms with Crippen molar-refractivity contribution in [2.24, 2.45) is 5.92 Å². The summed E-state index contributed by atoms with van der Waals surface area (Å²) < 4.78 is 11.7. The third kappa shape index (κ3) is 4.42. The van der Waals surface area contributed by atoms with Gasteiger partial charge in [0.1, 0.15) is 0 Å². The molecule has 19 heavy (non-hydrogen) atoms. The highest BCUT2D eigenvalue weighted by Gasteiger charge is 2.33. The van der Waals surface area contributed by atoms with Gasteiger partial charge in [0, 0.05) is 31.7 Å². The summed E-state index contributed by atoms with van der Waals surface area (Å²) >= 11 is 0. The molecule has 2 aliphatic heterocycles. The van der Waals surface area contributed by atoms with Gasteiger partial charge < -0.3 is 14.8 Å². The van der Waals surface area contributed by atoms with Crippen LogP contribution in [-0.4, -0.2) is 63.0 Å².